The molecule has 0 bridgehead atoms. The summed E-state index contributed by atoms with van der Waals surface area (Å²) in [4.78, 5) is 13.1. The molecule has 30 heavy (non-hydrogen) atoms. The second-order valence-corrected chi connectivity index (χ2v) is 11.0. The molecule has 1 aliphatic rings. The third-order valence-corrected chi connectivity index (χ3v) is 8.49. The van der Waals surface area contributed by atoms with Gasteiger partial charge in [-0.05, 0) is 69.4 Å². The fourth-order valence-corrected chi connectivity index (χ4v) is 6.37. The van der Waals surface area contributed by atoms with Gasteiger partial charge in [0.1, 0.15) is 0 Å². The number of halogens is 1. The van der Waals surface area contributed by atoms with Gasteiger partial charge in [-0.15, -0.1) is 0 Å². The lowest BCUT2D eigenvalue weighted by Crippen LogP contribution is -2.43. The molecule has 1 N–H and O–H groups in total. The standard InChI is InChI=1S/C23H29BrN2O3S/c1-15-13-16(2)22(17(3)14-15)30(28,29)26-11-9-20(10-12-26)23(27)25-18(4)19-5-7-21(24)8-6-19/h5-8,13-14,18,20H,9-12H2,1-4H3,(H,25,27)/t18-/m1/s1. The van der Waals surface area contributed by atoms with Crippen molar-refractivity contribution < 1.29 is 13.2 Å². The van der Waals surface area contributed by atoms with Gasteiger partial charge in [0.15, 0.2) is 0 Å². The quantitative estimate of drug-likeness (QED) is 0.660. The van der Waals surface area contributed by atoms with Crippen molar-refractivity contribution in [1.29, 1.82) is 0 Å². The number of nitrogens with one attached hydrogen (secondary N) is 1. The van der Waals surface area contributed by atoms with Gasteiger partial charge in [0.05, 0.1) is 10.9 Å². The Kier molecular flexibility index (Phi) is 7.05. The Labute approximate surface area is 188 Å². The van der Waals surface area contributed by atoms with E-state index in [2.05, 4.69) is 21.2 Å². The SMILES string of the molecule is Cc1cc(C)c(S(=O)(=O)N2CCC(C(=O)N[C@H](C)c3ccc(Br)cc3)CC2)c(C)c1. The summed E-state index contributed by atoms with van der Waals surface area (Å²) in [5.41, 5.74) is 3.64. The molecule has 3 rings (SSSR count). The molecule has 0 radical (unpaired) electrons. The highest BCUT2D eigenvalue weighted by atomic mass is 79.9. The van der Waals surface area contributed by atoms with Crippen LogP contribution in [-0.4, -0.2) is 31.7 Å². The van der Waals surface area contributed by atoms with Crippen molar-refractivity contribution in [1.82, 2.24) is 9.62 Å². The number of piperidine rings is 1. The summed E-state index contributed by atoms with van der Waals surface area (Å²) < 4.78 is 29.0. The maximum absolute atomic E-state index is 13.2. The maximum atomic E-state index is 13.2. The van der Waals surface area contributed by atoms with E-state index in [1.165, 1.54) is 4.31 Å². The second-order valence-electron chi connectivity index (χ2n) is 8.19. The Balaban J connectivity index is 1.64. The van der Waals surface area contributed by atoms with Gasteiger partial charge in [-0.3, -0.25) is 4.79 Å². The van der Waals surface area contributed by atoms with E-state index < -0.39 is 10.0 Å². The van der Waals surface area contributed by atoms with Crippen LogP contribution in [-0.2, 0) is 14.8 Å². The minimum absolute atomic E-state index is 0.00911. The van der Waals surface area contributed by atoms with E-state index in [-0.39, 0.29) is 17.9 Å². The van der Waals surface area contributed by atoms with Gasteiger partial charge in [0.2, 0.25) is 15.9 Å². The number of hydrogen-bond donors (Lipinski definition) is 1. The predicted octanol–water partition coefficient (Wildman–Crippen LogP) is 4.65. The molecule has 1 atom stereocenters. The average Bonchev–Trinajstić information content (AvgIpc) is 2.67. The van der Waals surface area contributed by atoms with Gasteiger partial charge in [-0.2, -0.15) is 4.31 Å². The van der Waals surface area contributed by atoms with Gasteiger partial charge >= 0.3 is 0 Å². The third kappa shape index (κ3) is 4.95. The van der Waals surface area contributed by atoms with E-state index >= 15 is 0 Å². The largest absolute Gasteiger partial charge is 0.349 e. The lowest BCUT2D eigenvalue weighted by molar-refractivity contribution is -0.126. The van der Waals surface area contributed by atoms with E-state index in [0.717, 1.165) is 26.7 Å². The predicted molar refractivity (Wildman–Crippen MR) is 123 cm³/mol. The molecule has 1 fully saturated rings. The van der Waals surface area contributed by atoms with Crippen LogP contribution in [0, 0.1) is 26.7 Å². The van der Waals surface area contributed by atoms with E-state index in [0.29, 0.717) is 30.8 Å². The number of nitrogens with zero attached hydrogens (tertiary/aromatic N) is 1. The smallest absolute Gasteiger partial charge is 0.243 e. The minimum Gasteiger partial charge on any atom is -0.349 e. The van der Waals surface area contributed by atoms with Crippen LogP contribution >= 0.6 is 15.9 Å². The van der Waals surface area contributed by atoms with Crippen molar-refractivity contribution in [2.75, 3.05) is 13.1 Å². The first-order valence-corrected chi connectivity index (χ1v) is 12.5. The molecular formula is C23H29BrN2O3S. The highest BCUT2D eigenvalue weighted by Crippen LogP contribution is 2.29. The Morgan fingerprint density at radius 1 is 1.07 bits per heavy atom. The molecule has 1 saturated heterocycles. The van der Waals surface area contributed by atoms with E-state index in [4.69, 9.17) is 0 Å². The van der Waals surface area contributed by atoms with Crippen LogP contribution in [0.15, 0.2) is 45.8 Å². The van der Waals surface area contributed by atoms with Gasteiger partial charge in [-0.25, -0.2) is 8.42 Å². The number of amides is 1. The second kappa shape index (κ2) is 9.20. The molecule has 0 unspecified atom stereocenters. The van der Waals surface area contributed by atoms with Crippen molar-refractivity contribution in [2.24, 2.45) is 5.92 Å². The third-order valence-electron chi connectivity index (χ3n) is 5.76. The normalized spacial score (nSPS) is 17.0. The molecule has 0 aliphatic carbocycles. The van der Waals surface area contributed by atoms with Crippen molar-refractivity contribution in [3.63, 3.8) is 0 Å². The molecule has 0 aromatic heterocycles. The monoisotopic (exact) mass is 492 g/mol. The van der Waals surface area contributed by atoms with Crippen LogP contribution in [0.5, 0.6) is 0 Å². The van der Waals surface area contributed by atoms with Crippen LogP contribution < -0.4 is 5.32 Å². The zero-order chi connectivity index (χ0) is 22.1. The molecular weight excluding hydrogens is 464 g/mol. The summed E-state index contributed by atoms with van der Waals surface area (Å²) in [6, 6.07) is 11.6. The lowest BCUT2D eigenvalue weighted by Gasteiger charge is -2.32. The Bertz CT molecular complexity index is 1000. The van der Waals surface area contributed by atoms with Gasteiger partial charge in [-0.1, -0.05) is 45.8 Å². The molecule has 0 saturated carbocycles. The topological polar surface area (TPSA) is 66.5 Å². The molecule has 2 aromatic rings. The summed E-state index contributed by atoms with van der Waals surface area (Å²) in [5, 5.41) is 3.07. The Morgan fingerprint density at radius 2 is 1.60 bits per heavy atom. The molecule has 1 aliphatic heterocycles. The van der Waals surface area contributed by atoms with Crippen LogP contribution in [0.4, 0.5) is 0 Å². The fraction of sp³-hybridized carbons (Fsp3) is 0.435. The number of hydrogen-bond acceptors (Lipinski definition) is 3. The molecule has 0 spiro atoms. The number of aryl methyl sites for hydroxylation is 3. The van der Waals surface area contributed by atoms with Crippen molar-refractivity contribution in [3.8, 4) is 0 Å². The number of carbonyl (C=O) groups excluding carboxylic acids is 1. The summed E-state index contributed by atoms with van der Waals surface area (Å²) in [7, 11) is -3.56. The van der Waals surface area contributed by atoms with E-state index in [1.807, 2.05) is 64.1 Å². The minimum atomic E-state index is -3.56. The molecule has 162 valence electrons. The van der Waals surface area contributed by atoms with Crippen molar-refractivity contribution in [3.05, 3.63) is 63.1 Å². The highest BCUT2D eigenvalue weighted by Gasteiger charge is 2.34. The first-order chi connectivity index (χ1) is 14.1. The van der Waals surface area contributed by atoms with Crippen LogP contribution in [0.2, 0.25) is 0 Å². The van der Waals surface area contributed by atoms with Crippen molar-refractivity contribution in [2.45, 2.75) is 51.5 Å². The summed E-state index contributed by atoms with van der Waals surface area (Å²) in [6.45, 7) is 8.34. The number of sulfonamides is 1. The fourth-order valence-electron chi connectivity index (χ4n) is 4.23. The van der Waals surface area contributed by atoms with Gasteiger partial charge in [0, 0.05) is 23.5 Å². The Morgan fingerprint density at radius 3 is 2.13 bits per heavy atom. The van der Waals surface area contributed by atoms with E-state index in [1.54, 1.807) is 0 Å². The summed E-state index contributed by atoms with van der Waals surface area (Å²) in [6.07, 6.45) is 1.06. The van der Waals surface area contributed by atoms with Crippen LogP contribution in [0.1, 0.15) is 48.1 Å². The lowest BCUT2D eigenvalue weighted by atomic mass is 9.96. The maximum Gasteiger partial charge on any atom is 0.243 e. The van der Waals surface area contributed by atoms with Crippen molar-refractivity contribution >= 4 is 31.9 Å². The average molecular weight is 493 g/mol. The van der Waals surface area contributed by atoms with Gasteiger partial charge < -0.3 is 5.32 Å². The number of rotatable bonds is 5. The Hall–Kier alpha value is -1.70. The van der Waals surface area contributed by atoms with Crippen LogP contribution in [0.3, 0.4) is 0 Å². The molecule has 7 heteroatoms. The number of benzene rings is 2. The van der Waals surface area contributed by atoms with Crippen LogP contribution in [0.25, 0.3) is 0 Å². The molecule has 1 heterocycles. The molecule has 5 nitrogen and oxygen atoms in total. The molecule has 2 aromatic carbocycles. The highest BCUT2D eigenvalue weighted by molar-refractivity contribution is 9.10. The summed E-state index contributed by atoms with van der Waals surface area (Å²) in [5.74, 6) is -0.181. The first kappa shape index (κ1) is 23.0. The first-order valence-electron chi connectivity index (χ1n) is 10.2. The zero-order valence-corrected chi connectivity index (χ0v) is 20.3. The number of carbonyl (C=O) groups is 1. The zero-order valence-electron chi connectivity index (χ0n) is 17.9. The molecule has 1 amide bonds. The summed E-state index contributed by atoms with van der Waals surface area (Å²) >= 11 is 3.42. The van der Waals surface area contributed by atoms with Gasteiger partial charge in [0.25, 0.3) is 0 Å². The van der Waals surface area contributed by atoms with E-state index in [9.17, 15) is 13.2 Å².